The fourth-order valence-electron chi connectivity index (χ4n) is 2.55. The van der Waals surface area contributed by atoms with Crippen molar-refractivity contribution in [2.24, 2.45) is 0 Å². The van der Waals surface area contributed by atoms with Crippen LogP contribution in [0.1, 0.15) is 5.69 Å². The Morgan fingerprint density at radius 1 is 1.35 bits per heavy atom. The predicted molar refractivity (Wildman–Crippen MR) is 95.6 cm³/mol. The third kappa shape index (κ3) is 4.69. The van der Waals surface area contributed by atoms with E-state index in [1.165, 1.54) is 18.2 Å². The molecule has 8 nitrogen and oxygen atoms in total. The summed E-state index contributed by atoms with van der Waals surface area (Å²) in [5, 5.41) is 18.2. The second-order valence-corrected chi connectivity index (χ2v) is 6.45. The molecule has 1 aliphatic heterocycles. The minimum atomic E-state index is -0.528. The molecule has 2 heterocycles. The third-order valence-corrected chi connectivity index (χ3v) is 4.42. The molecule has 1 aromatic heterocycles. The first kappa shape index (κ1) is 18.6. The zero-order valence-electron chi connectivity index (χ0n) is 14.3. The number of aromatic nitrogens is 2. The summed E-state index contributed by atoms with van der Waals surface area (Å²) in [5.74, 6) is -0.465. The molecule has 1 aliphatic rings. The molecule has 26 heavy (non-hydrogen) atoms. The SMILES string of the molecule is CN1CCN(CCOc2nonc2C(=N)Nc2ccc(F)c(Cl)c2)CC1. The molecule has 0 amide bonds. The Hall–Kier alpha value is -2.23. The van der Waals surface area contributed by atoms with E-state index in [1.54, 1.807) is 0 Å². The predicted octanol–water partition coefficient (Wildman–Crippen LogP) is 1.93. The van der Waals surface area contributed by atoms with Crippen molar-refractivity contribution in [3.8, 4) is 5.88 Å². The lowest BCUT2D eigenvalue weighted by atomic mass is 10.3. The Balaban J connectivity index is 1.54. The molecular weight excluding hydrogens is 363 g/mol. The summed E-state index contributed by atoms with van der Waals surface area (Å²) >= 11 is 5.74. The minimum Gasteiger partial charge on any atom is -0.472 e. The summed E-state index contributed by atoms with van der Waals surface area (Å²) in [4.78, 5) is 4.59. The Labute approximate surface area is 155 Å². The first-order valence-corrected chi connectivity index (χ1v) is 8.58. The number of hydrogen-bond acceptors (Lipinski definition) is 7. The first-order chi connectivity index (χ1) is 12.5. The number of nitrogens with one attached hydrogen (secondary N) is 2. The molecule has 140 valence electrons. The van der Waals surface area contributed by atoms with E-state index >= 15 is 0 Å². The highest BCUT2D eigenvalue weighted by atomic mass is 35.5. The van der Waals surface area contributed by atoms with E-state index in [-0.39, 0.29) is 22.4 Å². The molecule has 0 saturated carbocycles. The fraction of sp³-hybridized carbons (Fsp3) is 0.438. The number of rotatable bonds is 6. The third-order valence-electron chi connectivity index (χ3n) is 4.13. The van der Waals surface area contributed by atoms with Crippen LogP contribution in [0.4, 0.5) is 10.1 Å². The molecule has 2 aromatic rings. The van der Waals surface area contributed by atoms with Crippen LogP contribution in [0, 0.1) is 11.2 Å². The van der Waals surface area contributed by atoms with Gasteiger partial charge in [-0.2, -0.15) is 0 Å². The number of amidine groups is 1. The van der Waals surface area contributed by atoms with Crippen molar-refractivity contribution in [1.29, 1.82) is 5.41 Å². The Kier molecular flexibility index (Phi) is 6.02. The fourth-order valence-corrected chi connectivity index (χ4v) is 2.73. The lowest BCUT2D eigenvalue weighted by Crippen LogP contribution is -2.45. The molecule has 0 radical (unpaired) electrons. The van der Waals surface area contributed by atoms with Crippen molar-refractivity contribution < 1.29 is 13.8 Å². The van der Waals surface area contributed by atoms with Crippen LogP contribution in [0.15, 0.2) is 22.8 Å². The lowest BCUT2D eigenvalue weighted by Gasteiger charge is -2.31. The van der Waals surface area contributed by atoms with Crippen molar-refractivity contribution in [3.63, 3.8) is 0 Å². The lowest BCUT2D eigenvalue weighted by molar-refractivity contribution is 0.131. The molecule has 3 rings (SSSR count). The van der Waals surface area contributed by atoms with Gasteiger partial charge in [0.2, 0.25) is 5.69 Å². The smallest absolute Gasteiger partial charge is 0.287 e. The van der Waals surface area contributed by atoms with Gasteiger partial charge in [-0.05, 0) is 35.6 Å². The van der Waals surface area contributed by atoms with E-state index in [0.717, 1.165) is 32.7 Å². The van der Waals surface area contributed by atoms with Crippen LogP contribution in [0.3, 0.4) is 0 Å². The van der Waals surface area contributed by atoms with Gasteiger partial charge in [0.15, 0.2) is 5.84 Å². The average Bonchev–Trinajstić information content (AvgIpc) is 3.08. The van der Waals surface area contributed by atoms with Gasteiger partial charge in [-0.3, -0.25) is 10.3 Å². The van der Waals surface area contributed by atoms with Crippen LogP contribution in [-0.2, 0) is 0 Å². The van der Waals surface area contributed by atoms with Crippen LogP contribution in [0.5, 0.6) is 5.88 Å². The van der Waals surface area contributed by atoms with Crippen molar-refractivity contribution in [1.82, 2.24) is 20.1 Å². The average molecular weight is 383 g/mol. The van der Waals surface area contributed by atoms with Gasteiger partial charge in [0.1, 0.15) is 12.4 Å². The van der Waals surface area contributed by atoms with Crippen molar-refractivity contribution in [2.75, 3.05) is 51.7 Å². The summed E-state index contributed by atoms with van der Waals surface area (Å²) in [7, 11) is 2.11. The van der Waals surface area contributed by atoms with E-state index in [9.17, 15) is 4.39 Å². The maximum absolute atomic E-state index is 13.2. The van der Waals surface area contributed by atoms with Gasteiger partial charge >= 0.3 is 0 Å². The Bertz CT molecular complexity index is 763. The van der Waals surface area contributed by atoms with Gasteiger partial charge in [-0.15, -0.1) is 0 Å². The zero-order chi connectivity index (χ0) is 18.5. The van der Waals surface area contributed by atoms with Crippen molar-refractivity contribution in [3.05, 3.63) is 34.7 Å². The maximum atomic E-state index is 13.2. The molecule has 0 spiro atoms. The molecule has 2 N–H and O–H groups in total. The number of hydrogen-bond donors (Lipinski definition) is 2. The van der Waals surface area contributed by atoms with E-state index < -0.39 is 5.82 Å². The van der Waals surface area contributed by atoms with Crippen LogP contribution in [0.25, 0.3) is 0 Å². The minimum absolute atomic E-state index is 0.0373. The number of piperazine rings is 1. The number of benzene rings is 1. The second-order valence-electron chi connectivity index (χ2n) is 6.04. The van der Waals surface area contributed by atoms with Crippen LogP contribution in [-0.4, -0.2) is 72.3 Å². The normalized spacial score (nSPS) is 15.8. The summed E-state index contributed by atoms with van der Waals surface area (Å²) in [6.07, 6.45) is 0. The highest BCUT2D eigenvalue weighted by Crippen LogP contribution is 2.21. The summed E-state index contributed by atoms with van der Waals surface area (Å²) < 4.78 is 23.5. The van der Waals surface area contributed by atoms with Crippen LogP contribution >= 0.6 is 11.6 Å². The molecule has 0 aliphatic carbocycles. The van der Waals surface area contributed by atoms with Gasteiger partial charge < -0.3 is 15.0 Å². The Morgan fingerprint density at radius 2 is 2.12 bits per heavy atom. The topological polar surface area (TPSA) is 90.5 Å². The largest absolute Gasteiger partial charge is 0.472 e. The van der Waals surface area contributed by atoms with Crippen molar-refractivity contribution in [2.45, 2.75) is 0 Å². The van der Waals surface area contributed by atoms with Gasteiger partial charge in [-0.1, -0.05) is 11.6 Å². The molecule has 1 aromatic carbocycles. The summed E-state index contributed by atoms with van der Waals surface area (Å²) in [6.45, 7) is 5.23. The zero-order valence-corrected chi connectivity index (χ0v) is 15.1. The summed E-state index contributed by atoms with van der Waals surface area (Å²) in [6, 6.07) is 4.07. The van der Waals surface area contributed by atoms with E-state index in [1.807, 2.05) is 0 Å². The number of ether oxygens (including phenoxy) is 1. The number of likely N-dealkylation sites (N-methyl/N-ethyl adjacent to an activating group) is 1. The highest BCUT2D eigenvalue weighted by molar-refractivity contribution is 6.31. The summed E-state index contributed by atoms with van der Waals surface area (Å²) in [5.41, 5.74) is 0.594. The number of anilines is 1. The molecule has 1 fully saturated rings. The first-order valence-electron chi connectivity index (χ1n) is 8.20. The molecule has 0 atom stereocenters. The van der Waals surface area contributed by atoms with Crippen LogP contribution in [0.2, 0.25) is 5.02 Å². The van der Waals surface area contributed by atoms with Crippen LogP contribution < -0.4 is 10.1 Å². The highest BCUT2D eigenvalue weighted by Gasteiger charge is 2.19. The second kappa shape index (κ2) is 8.43. The van der Waals surface area contributed by atoms with Gasteiger partial charge in [0, 0.05) is 38.4 Å². The maximum Gasteiger partial charge on any atom is 0.287 e. The van der Waals surface area contributed by atoms with E-state index in [4.69, 9.17) is 26.4 Å². The van der Waals surface area contributed by atoms with E-state index in [0.29, 0.717) is 12.3 Å². The molecule has 0 bridgehead atoms. The standard InChI is InChI=1S/C16H20ClFN6O2/c1-23-4-6-24(7-5-23)8-9-25-16-14(21-26-22-16)15(19)20-11-2-3-13(18)12(17)10-11/h2-3,10H,4-9H2,1H3,(H2,19,20). The Morgan fingerprint density at radius 3 is 2.85 bits per heavy atom. The monoisotopic (exact) mass is 382 g/mol. The molecule has 0 unspecified atom stereocenters. The molecule has 1 saturated heterocycles. The van der Waals surface area contributed by atoms with Gasteiger partial charge in [0.05, 0.1) is 5.02 Å². The molecular formula is C16H20ClFN6O2. The van der Waals surface area contributed by atoms with Crippen molar-refractivity contribution >= 4 is 23.1 Å². The van der Waals surface area contributed by atoms with E-state index in [2.05, 4.69) is 32.5 Å². The quantitative estimate of drug-likeness (QED) is 0.582. The van der Waals surface area contributed by atoms with Gasteiger partial charge in [-0.25, -0.2) is 9.02 Å². The molecule has 10 heteroatoms. The number of nitrogens with zero attached hydrogens (tertiary/aromatic N) is 4. The van der Waals surface area contributed by atoms with Gasteiger partial charge in [0.25, 0.3) is 5.88 Å². The number of halogens is 2.